The lowest BCUT2D eigenvalue weighted by Crippen LogP contribution is -2.43. The summed E-state index contributed by atoms with van der Waals surface area (Å²) in [5.41, 5.74) is 7.54. The number of aliphatic hydroxyl groups excluding tert-OH is 1. The highest BCUT2D eigenvalue weighted by Crippen LogP contribution is 2.39. The fraction of sp³-hybridized carbons (Fsp3) is 0.436. The first-order valence-corrected chi connectivity index (χ1v) is 17.2. The highest BCUT2D eigenvalue weighted by atomic mass is 16.7. The average Bonchev–Trinajstić information content (AvgIpc) is 3.68. The molecule has 3 atom stereocenters. The Morgan fingerprint density at radius 3 is 2.29 bits per heavy atom. The number of rotatable bonds is 16. The quantitative estimate of drug-likeness (QED) is 0.0602. The van der Waals surface area contributed by atoms with Gasteiger partial charge in [0.05, 0.1) is 18.8 Å². The van der Waals surface area contributed by atoms with Crippen LogP contribution in [0.25, 0.3) is 11.1 Å². The summed E-state index contributed by atoms with van der Waals surface area (Å²) in [5.74, 6) is -0.520. The van der Waals surface area contributed by atoms with Gasteiger partial charge in [0.1, 0.15) is 0 Å². The van der Waals surface area contributed by atoms with Gasteiger partial charge in [0, 0.05) is 50.5 Å². The predicted octanol–water partition coefficient (Wildman–Crippen LogP) is 6.50. The van der Waals surface area contributed by atoms with E-state index in [-0.39, 0.29) is 31.1 Å². The molecule has 0 bridgehead atoms. The van der Waals surface area contributed by atoms with E-state index in [4.69, 9.17) is 14.7 Å². The normalized spacial score (nSPS) is 19.7. The topological polar surface area (TPSA) is 120 Å². The minimum Gasteiger partial charge on any atom is -0.392 e. The molecule has 5 rings (SSSR count). The van der Waals surface area contributed by atoms with Gasteiger partial charge < -0.3 is 19.9 Å². The Balaban J connectivity index is 1.29. The van der Waals surface area contributed by atoms with E-state index in [2.05, 4.69) is 47.1 Å². The third-order valence-electron chi connectivity index (χ3n) is 9.35. The van der Waals surface area contributed by atoms with Gasteiger partial charge in [-0.3, -0.25) is 19.7 Å². The molecule has 3 aromatic carbocycles. The smallest absolute Gasteiger partial charge is 0.243 e. The molecule has 1 saturated heterocycles. The van der Waals surface area contributed by atoms with E-state index in [1.54, 1.807) is 5.48 Å². The molecule has 48 heavy (non-hydrogen) atoms. The molecule has 1 aliphatic heterocycles. The van der Waals surface area contributed by atoms with Crippen LogP contribution in [0, 0.1) is 0 Å². The van der Waals surface area contributed by atoms with Crippen LogP contribution in [-0.2, 0) is 32.2 Å². The first kappa shape index (κ1) is 35.4. The minimum absolute atomic E-state index is 0.00578. The van der Waals surface area contributed by atoms with Crippen molar-refractivity contribution in [1.82, 2.24) is 15.7 Å². The molecule has 4 N–H and O–H groups in total. The van der Waals surface area contributed by atoms with Gasteiger partial charge in [-0.05, 0) is 65.6 Å². The second-order valence-electron chi connectivity index (χ2n) is 12.9. The third kappa shape index (κ3) is 10.1. The van der Waals surface area contributed by atoms with Gasteiger partial charge in [0.15, 0.2) is 6.29 Å². The summed E-state index contributed by atoms with van der Waals surface area (Å²) in [4.78, 5) is 26.0. The number of hydroxylamine groups is 1. The van der Waals surface area contributed by atoms with Crippen LogP contribution in [0.15, 0.2) is 85.5 Å². The SMILES string of the molecule is C=CCN(C[C@H]1C[C@@H](c2ccc(CO)cc2)O[C@@H](c2cccc(-c3cccc(CNC(=O)CCCCC(=O)NO)c3)c2)O1)C1CCCC1. The van der Waals surface area contributed by atoms with Crippen LogP contribution in [0.2, 0.25) is 0 Å². The molecule has 1 aliphatic carbocycles. The monoisotopic (exact) mass is 655 g/mol. The first-order valence-electron chi connectivity index (χ1n) is 17.2. The predicted molar refractivity (Wildman–Crippen MR) is 185 cm³/mol. The number of ether oxygens (including phenoxy) is 2. The van der Waals surface area contributed by atoms with Gasteiger partial charge in [-0.1, -0.05) is 79.6 Å². The van der Waals surface area contributed by atoms with E-state index in [0.717, 1.165) is 52.9 Å². The van der Waals surface area contributed by atoms with Crippen LogP contribution >= 0.6 is 0 Å². The van der Waals surface area contributed by atoms with Crippen LogP contribution in [0.5, 0.6) is 0 Å². The molecule has 0 unspecified atom stereocenters. The third-order valence-corrected chi connectivity index (χ3v) is 9.35. The summed E-state index contributed by atoms with van der Waals surface area (Å²) in [6.45, 7) is 6.08. The van der Waals surface area contributed by atoms with E-state index in [0.29, 0.717) is 31.8 Å². The lowest BCUT2D eigenvalue weighted by atomic mass is 9.98. The van der Waals surface area contributed by atoms with Crippen LogP contribution in [0.1, 0.15) is 92.4 Å². The highest BCUT2D eigenvalue weighted by Gasteiger charge is 2.34. The lowest BCUT2D eigenvalue weighted by Gasteiger charge is -2.39. The second kappa shape index (κ2) is 18.1. The standard InChI is InChI=1S/C39H49N3O6/c1-2-21-42(34-13-3-4-14-34)26-35-24-36(30-19-17-28(27-43)18-20-30)48-39(47-35)33-12-8-11-32(23-33)31-10-7-9-29(22-31)25-40-37(44)15-5-6-16-38(45)41-46/h2,7-12,17-20,22-23,34-36,39,43,46H,1,3-6,13-16,21,24-27H2,(H,40,44)(H,41,45)/t35-,36+,39+/m1/s1. The Hall–Kier alpha value is -3.86. The largest absolute Gasteiger partial charge is 0.392 e. The number of hydrogen-bond acceptors (Lipinski definition) is 7. The zero-order valence-corrected chi connectivity index (χ0v) is 27.7. The fourth-order valence-corrected chi connectivity index (χ4v) is 6.74. The van der Waals surface area contributed by atoms with E-state index in [1.807, 2.05) is 48.5 Å². The summed E-state index contributed by atoms with van der Waals surface area (Å²) in [6, 6.07) is 24.9. The Bertz CT molecular complexity index is 1490. The molecule has 0 aromatic heterocycles. The van der Waals surface area contributed by atoms with Crippen molar-refractivity contribution in [1.29, 1.82) is 0 Å². The maximum absolute atomic E-state index is 12.4. The lowest BCUT2D eigenvalue weighted by molar-refractivity contribution is -0.253. The number of hydrogen-bond donors (Lipinski definition) is 4. The molecular formula is C39H49N3O6. The molecule has 1 saturated carbocycles. The number of nitrogens with one attached hydrogen (secondary N) is 2. The Labute approximate surface area is 283 Å². The molecule has 0 spiro atoms. The van der Waals surface area contributed by atoms with Crippen LogP contribution in [0.3, 0.4) is 0 Å². The summed E-state index contributed by atoms with van der Waals surface area (Å²) < 4.78 is 13.4. The number of aliphatic hydroxyl groups is 1. The molecule has 9 heteroatoms. The Morgan fingerprint density at radius 2 is 1.58 bits per heavy atom. The van der Waals surface area contributed by atoms with Crippen molar-refractivity contribution in [3.63, 3.8) is 0 Å². The van der Waals surface area contributed by atoms with Gasteiger partial charge in [-0.2, -0.15) is 0 Å². The molecule has 1 heterocycles. The van der Waals surface area contributed by atoms with Gasteiger partial charge in [0.25, 0.3) is 0 Å². The zero-order valence-electron chi connectivity index (χ0n) is 27.7. The number of benzene rings is 3. The van der Waals surface area contributed by atoms with Gasteiger partial charge >= 0.3 is 0 Å². The minimum atomic E-state index is -0.550. The van der Waals surface area contributed by atoms with Gasteiger partial charge in [0.2, 0.25) is 11.8 Å². The van der Waals surface area contributed by atoms with Crippen LogP contribution in [-0.4, -0.2) is 52.3 Å². The number of carbonyl (C=O) groups excluding carboxylic acids is 2. The molecule has 0 radical (unpaired) electrons. The van der Waals surface area contributed by atoms with Gasteiger partial charge in [-0.15, -0.1) is 6.58 Å². The number of unbranched alkanes of at least 4 members (excludes halogenated alkanes) is 1. The molecule has 3 aromatic rings. The summed E-state index contributed by atoms with van der Waals surface area (Å²) in [6.07, 6.45) is 8.56. The van der Waals surface area contributed by atoms with Crippen molar-refractivity contribution in [3.8, 4) is 11.1 Å². The summed E-state index contributed by atoms with van der Waals surface area (Å²) in [7, 11) is 0. The Kier molecular flexibility index (Phi) is 13.3. The van der Waals surface area contributed by atoms with Crippen LogP contribution in [0.4, 0.5) is 0 Å². The molecule has 256 valence electrons. The summed E-state index contributed by atoms with van der Waals surface area (Å²) >= 11 is 0. The van der Waals surface area contributed by atoms with E-state index in [9.17, 15) is 14.7 Å². The van der Waals surface area contributed by atoms with E-state index in [1.165, 1.54) is 25.7 Å². The highest BCUT2D eigenvalue weighted by molar-refractivity contribution is 5.76. The maximum Gasteiger partial charge on any atom is 0.243 e. The molecule has 9 nitrogen and oxygen atoms in total. The summed E-state index contributed by atoms with van der Waals surface area (Å²) in [5, 5.41) is 21.1. The first-order chi connectivity index (χ1) is 23.4. The second-order valence-corrected chi connectivity index (χ2v) is 12.9. The van der Waals surface area contributed by atoms with Crippen molar-refractivity contribution in [3.05, 3.63) is 108 Å². The zero-order chi connectivity index (χ0) is 33.7. The number of amides is 2. The average molecular weight is 656 g/mol. The van der Waals surface area contributed by atoms with E-state index < -0.39 is 12.2 Å². The van der Waals surface area contributed by atoms with Crippen molar-refractivity contribution in [2.24, 2.45) is 0 Å². The van der Waals surface area contributed by atoms with Gasteiger partial charge in [-0.25, -0.2) is 5.48 Å². The van der Waals surface area contributed by atoms with E-state index >= 15 is 0 Å². The van der Waals surface area contributed by atoms with Crippen molar-refractivity contribution in [2.45, 2.75) is 95.5 Å². The molecule has 2 aliphatic rings. The van der Waals surface area contributed by atoms with Crippen molar-refractivity contribution < 1.29 is 29.4 Å². The molecule has 2 amide bonds. The van der Waals surface area contributed by atoms with Crippen molar-refractivity contribution in [2.75, 3.05) is 13.1 Å². The fourth-order valence-electron chi connectivity index (χ4n) is 6.74. The number of carbonyl (C=O) groups is 2. The molecular weight excluding hydrogens is 606 g/mol. The van der Waals surface area contributed by atoms with Crippen molar-refractivity contribution >= 4 is 11.8 Å². The Morgan fingerprint density at radius 1 is 0.875 bits per heavy atom. The number of nitrogens with zero attached hydrogens (tertiary/aromatic N) is 1. The van der Waals surface area contributed by atoms with Crippen LogP contribution < -0.4 is 10.8 Å². The maximum atomic E-state index is 12.4. The molecule has 2 fully saturated rings.